The Labute approximate surface area is 283 Å². The lowest BCUT2D eigenvalue weighted by molar-refractivity contribution is -0.198. The zero-order chi connectivity index (χ0) is 36.3. The molecule has 0 spiro atoms. The van der Waals surface area contributed by atoms with E-state index in [0.29, 0.717) is 9.75 Å². The Morgan fingerprint density at radius 1 is 0.583 bits per heavy atom. The highest BCUT2D eigenvalue weighted by atomic mass is 32.1. The van der Waals surface area contributed by atoms with Crippen molar-refractivity contribution in [1.82, 2.24) is 0 Å². The number of rotatable bonds is 15. The summed E-state index contributed by atoms with van der Waals surface area (Å²) in [6.45, 7) is 10.2. The van der Waals surface area contributed by atoms with E-state index < -0.39 is 72.0 Å². The Hall–Kier alpha value is -4.84. The number of carbonyl (C=O) groups is 8. The molecule has 16 nitrogen and oxygen atoms in total. The predicted molar refractivity (Wildman–Crippen MR) is 170 cm³/mol. The molecule has 2 heterocycles. The fourth-order valence-corrected chi connectivity index (χ4v) is 5.99. The summed E-state index contributed by atoms with van der Waals surface area (Å²) in [6.07, 6.45) is -8.55. The summed E-state index contributed by atoms with van der Waals surface area (Å²) >= 11 is 1.94. The fourth-order valence-electron chi connectivity index (χ4n) is 4.18. The second-order valence-corrected chi connectivity index (χ2v) is 12.3. The van der Waals surface area contributed by atoms with Gasteiger partial charge in [0.1, 0.15) is 10.0 Å². The van der Waals surface area contributed by atoms with Gasteiger partial charge in [0.25, 0.3) is 11.8 Å². The summed E-state index contributed by atoms with van der Waals surface area (Å²) in [4.78, 5) is 103. The number of carbonyl (C=O) groups excluding carboxylic acids is 8. The molecule has 0 aliphatic heterocycles. The van der Waals surface area contributed by atoms with Gasteiger partial charge in [-0.25, -0.2) is 9.59 Å². The van der Waals surface area contributed by atoms with Crippen molar-refractivity contribution in [3.05, 3.63) is 33.0 Å². The lowest BCUT2D eigenvalue weighted by atomic mass is 10.00. The van der Waals surface area contributed by atoms with Crippen LogP contribution in [0.4, 0.5) is 10.0 Å². The van der Waals surface area contributed by atoms with Crippen molar-refractivity contribution < 1.29 is 66.8 Å². The van der Waals surface area contributed by atoms with Gasteiger partial charge in [-0.1, -0.05) is 0 Å². The van der Waals surface area contributed by atoms with Gasteiger partial charge < -0.3 is 39.1 Å². The number of hydrogen-bond acceptors (Lipinski definition) is 16. The molecule has 48 heavy (non-hydrogen) atoms. The van der Waals surface area contributed by atoms with Crippen LogP contribution in [0.5, 0.6) is 0 Å². The van der Waals surface area contributed by atoms with Gasteiger partial charge in [-0.05, 0) is 39.8 Å². The molecular formula is C30H36N2O14S2. The van der Waals surface area contributed by atoms with Gasteiger partial charge in [0.15, 0.2) is 12.2 Å². The van der Waals surface area contributed by atoms with Gasteiger partial charge in [-0.3, -0.25) is 28.8 Å². The number of nitrogens with one attached hydrogen (secondary N) is 2. The first kappa shape index (κ1) is 39.3. The molecule has 0 radical (unpaired) electrons. The molecule has 0 aliphatic carbocycles. The van der Waals surface area contributed by atoms with Gasteiger partial charge in [-0.15, -0.1) is 22.7 Å². The van der Waals surface area contributed by atoms with E-state index in [1.165, 1.54) is 12.1 Å². The van der Waals surface area contributed by atoms with Crippen molar-refractivity contribution in [3.8, 4) is 0 Å². The molecule has 18 heteroatoms. The molecule has 0 saturated carbocycles. The van der Waals surface area contributed by atoms with Crippen LogP contribution in [0.2, 0.25) is 0 Å². The molecule has 0 bridgehead atoms. The van der Waals surface area contributed by atoms with Crippen LogP contribution in [0.15, 0.2) is 12.1 Å². The summed E-state index contributed by atoms with van der Waals surface area (Å²) < 4.78 is 31.2. The van der Waals surface area contributed by atoms with Crippen molar-refractivity contribution >= 4 is 80.3 Å². The maximum Gasteiger partial charge on any atom is 0.341 e. The Bertz CT molecular complexity index is 1450. The minimum absolute atomic E-state index is 0.0208. The zero-order valence-electron chi connectivity index (χ0n) is 27.4. The van der Waals surface area contributed by atoms with Crippen molar-refractivity contribution in [1.29, 1.82) is 0 Å². The van der Waals surface area contributed by atoms with E-state index in [-0.39, 0.29) is 34.3 Å². The molecule has 0 aromatic carbocycles. The van der Waals surface area contributed by atoms with Gasteiger partial charge in [0.2, 0.25) is 12.2 Å². The smallest absolute Gasteiger partial charge is 0.341 e. The van der Waals surface area contributed by atoms with Crippen LogP contribution >= 0.6 is 22.7 Å². The van der Waals surface area contributed by atoms with Gasteiger partial charge in [-0.2, -0.15) is 0 Å². The molecule has 0 aliphatic rings. The van der Waals surface area contributed by atoms with Crippen LogP contribution in [0.25, 0.3) is 0 Å². The van der Waals surface area contributed by atoms with Gasteiger partial charge in [0.05, 0.1) is 24.3 Å². The van der Waals surface area contributed by atoms with E-state index in [1.54, 1.807) is 27.7 Å². The summed E-state index contributed by atoms with van der Waals surface area (Å²) in [5.41, 5.74) is -0.0636. The zero-order valence-corrected chi connectivity index (χ0v) is 29.0. The van der Waals surface area contributed by atoms with Crippen molar-refractivity contribution in [2.24, 2.45) is 0 Å². The summed E-state index contributed by atoms with van der Waals surface area (Å²) in [6, 6.07) is 2.89. The molecule has 4 atom stereocenters. The monoisotopic (exact) mass is 712 g/mol. The Kier molecular flexibility index (Phi) is 14.7. The summed E-state index contributed by atoms with van der Waals surface area (Å²) in [5.74, 6) is -8.19. The number of ether oxygens (including phenoxy) is 6. The average molecular weight is 713 g/mol. The first-order chi connectivity index (χ1) is 22.5. The third-order valence-electron chi connectivity index (χ3n) is 5.80. The number of aryl methyl sites for hydroxylation is 2. The Balaban J connectivity index is 2.68. The first-order valence-electron chi connectivity index (χ1n) is 14.3. The normalized spacial score (nSPS) is 13.1. The van der Waals surface area contributed by atoms with E-state index in [0.717, 1.165) is 50.4 Å². The Morgan fingerprint density at radius 3 is 1.17 bits per heavy atom. The third kappa shape index (κ3) is 11.2. The van der Waals surface area contributed by atoms with E-state index in [4.69, 9.17) is 28.4 Å². The summed E-state index contributed by atoms with van der Waals surface area (Å²) in [5, 5.41) is 4.82. The highest BCUT2D eigenvalue weighted by molar-refractivity contribution is 7.17. The van der Waals surface area contributed by atoms with E-state index in [1.807, 2.05) is 0 Å². The highest BCUT2D eigenvalue weighted by Crippen LogP contribution is 2.31. The van der Waals surface area contributed by atoms with Crippen LogP contribution < -0.4 is 10.6 Å². The molecule has 4 unspecified atom stereocenters. The maximum atomic E-state index is 13.8. The van der Waals surface area contributed by atoms with E-state index in [9.17, 15) is 38.4 Å². The molecule has 262 valence electrons. The SMILES string of the molecule is CCOC(=O)c1cc(C)sc1NC(=O)C(OC(C)=O)C(OC(C)=O)C(OC(C)=O)C(OC(C)=O)C(=O)Nc1sc(C)cc1C(=O)OCC. The van der Waals surface area contributed by atoms with Crippen LogP contribution in [0.1, 0.15) is 72.0 Å². The lowest BCUT2D eigenvalue weighted by Crippen LogP contribution is -2.57. The lowest BCUT2D eigenvalue weighted by Gasteiger charge is -2.34. The number of anilines is 2. The average Bonchev–Trinajstić information content (AvgIpc) is 3.53. The molecule has 0 saturated heterocycles. The quantitative estimate of drug-likeness (QED) is 0.201. The molecular weight excluding hydrogens is 676 g/mol. The fraction of sp³-hybridized carbons (Fsp3) is 0.467. The second kappa shape index (κ2) is 17.9. The van der Waals surface area contributed by atoms with Crippen LogP contribution in [0, 0.1) is 13.8 Å². The maximum absolute atomic E-state index is 13.8. The minimum atomic E-state index is -2.15. The number of hydrogen-bond donors (Lipinski definition) is 2. The molecule has 2 aromatic rings. The number of amides is 2. The topological polar surface area (TPSA) is 216 Å². The van der Waals surface area contributed by atoms with Crippen LogP contribution in [0.3, 0.4) is 0 Å². The molecule has 0 fully saturated rings. The standard InChI is InChI=1S/C30H36N2O14S2/c1-9-41-29(39)19-11-13(3)47-27(19)31-25(37)23(45-17(7)35)21(43-15(5)33)22(44-16(6)34)24(46-18(8)36)26(38)32-28-20(12-14(4)48-28)30(40)42-10-2/h11-12,21-24H,9-10H2,1-8H3,(H,31,37)(H,32,38). The summed E-state index contributed by atoms with van der Waals surface area (Å²) in [7, 11) is 0. The molecule has 2 N–H and O–H groups in total. The molecule has 2 rings (SSSR count). The molecule has 2 amide bonds. The minimum Gasteiger partial charge on any atom is -0.462 e. The van der Waals surface area contributed by atoms with Crippen molar-refractivity contribution in [3.63, 3.8) is 0 Å². The largest absolute Gasteiger partial charge is 0.462 e. The predicted octanol–water partition coefficient (Wildman–Crippen LogP) is 3.08. The molecule has 2 aromatic heterocycles. The number of thiophene rings is 2. The third-order valence-corrected chi connectivity index (χ3v) is 7.73. The second-order valence-electron chi connectivity index (χ2n) is 9.83. The van der Waals surface area contributed by atoms with E-state index in [2.05, 4.69) is 10.6 Å². The van der Waals surface area contributed by atoms with Gasteiger partial charge >= 0.3 is 35.8 Å². The van der Waals surface area contributed by atoms with Gasteiger partial charge in [0, 0.05) is 37.4 Å². The Morgan fingerprint density at radius 2 is 0.896 bits per heavy atom. The van der Waals surface area contributed by atoms with Crippen LogP contribution in [-0.2, 0) is 57.2 Å². The highest BCUT2D eigenvalue weighted by Gasteiger charge is 2.49. The van der Waals surface area contributed by atoms with Crippen LogP contribution in [-0.4, -0.2) is 85.3 Å². The van der Waals surface area contributed by atoms with Crippen molar-refractivity contribution in [2.75, 3.05) is 23.8 Å². The number of esters is 6. The first-order valence-corrected chi connectivity index (χ1v) is 16.0. The van der Waals surface area contributed by atoms with E-state index >= 15 is 0 Å². The van der Waals surface area contributed by atoms with Crippen molar-refractivity contribution in [2.45, 2.75) is 79.8 Å².